The minimum absolute atomic E-state index is 0.0982. The third-order valence-corrected chi connectivity index (χ3v) is 3.52. The van der Waals surface area contributed by atoms with Gasteiger partial charge in [-0.2, -0.15) is 0 Å². The lowest BCUT2D eigenvalue weighted by molar-refractivity contribution is -0.114. The van der Waals surface area contributed by atoms with Crippen molar-refractivity contribution >= 4 is 17.6 Å². The van der Waals surface area contributed by atoms with Gasteiger partial charge in [-0.25, -0.2) is 18.6 Å². The zero-order valence-corrected chi connectivity index (χ0v) is 14.2. The number of carbonyl (C=O) groups excluding carboxylic acids is 2. The zero-order valence-electron chi connectivity index (χ0n) is 14.2. The van der Waals surface area contributed by atoms with Crippen LogP contribution in [0.1, 0.15) is 23.2 Å². The molecule has 0 aliphatic rings. The molecule has 0 saturated carbocycles. The Hall–Kier alpha value is -3.55. The van der Waals surface area contributed by atoms with Gasteiger partial charge in [0.25, 0.3) is 0 Å². The second-order valence-electron chi connectivity index (χ2n) is 5.58. The first kappa shape index (κ1) is 18.2. The van der Waals surface area contributed by atoms with Crippen LogP contribution in [0.3, 0.4) is 0 Å². The van der Waals surface area contributed by atoms with E-state index in [9.17, 15) is 18.4 Å². The number of ether oxygens (including phenoxy) is 1. The van der Waals surface area contributed by atoms with Gasteiger partial charge in [-0.15, -0.1) is 0 Å². The van der Waals surface area contributed by atoms with Gasteiger partial charge in [0.15, 0.2) is 12.4 Å². The summed E-state index contributed by atoms with van der Waals surface area (Å²) in [6.45, 7) is 0.979. The number of hydrogen-bond acceptors (Lipinski definition) is 5. The number of nitrogens with one attached hydrogen (secondary N) is 1. The van der Waals surface area contributed by atoms with Crippen molar-refractivity contribution in [1.82, 2.24) is 4.98 Å². The Morgan fingerprint density at radius 1 is 1.15 bits per heavy atom. The molecule has 0 aliphatic heterocycles. The summed E-state index contributed by atoms with van der Waals surface area (Å²) in [7, 11) is 0. The lowest BCUT2D eigenvalue weighted by Crippen LogP contribution is -2.10. The van der Waals surface area contributed by atoms with Gasteiger partial charge in [-0.1, -0.05) is 0 Å². The summed E-state index contributed by atoms with van der Waals surface area (Å²) in [6.07, 6.45) is 1.41. The fourth-order valence-corrected chi connectivity index (χ4v) is 2.29. The number of halogens is 2. The molecule has 138 valence electrons. The van der Waals surface area contributed by atoms with E-state index in [1.54, 1.807) is 0 Å². The van der Waals surface area contributed by atoms with Crippen LogP contribution in [0.2, 0.25) is 0 Å². The lowest BCUT2D eigenvalue weighted by atomic mass is 10.2. The molecular formula is C19H14F2N2O4. The summed E-state index contributed by atoms with van der Waals surface area (Å²) in [6, 6.07) is 9.17. The molecule has 2 aromatic carbocycles. The summed E-state index contributed by atoms with van der Waals surface area (Å²) >= 11 is 0. The monoisotopic (exact) mass is 372 g/mol. The van der Waals surface area contributed by atoms with E-state index in [1.807, 2.05) is 0 Å². The second-order valence-corrected chi connectivity index (χ2v) is 5.58. The highest BCUT2D eigenvalue weighted by Gasteiger charge is 2.16. The number of oxazole rings is 1. The van der Waals surface area contributed by atoms with Crippen LogP contribution in [-0.4, -0.2) is 16.9 Å². The smallest absolute Gasteiger partial charge is 0.341 e. The van der Waals surface area contributed by atoms with Crippen molar-refractivity contribution in [2.45, 2.75) is 13.5 Å². The first-order valence-electron chi connectivity index (χ1n) is 7.87. The highest BCUT2D eigenvalue weighted by Crippen LogP contribution is 2.21. The predicted molar refractivity (Wildman–Crippen MR) is 91.7 cm³/mol. The number of aromatic nitrogens is 1. The van der Waals surface area contributed by atoms with E-state index in [-0.39, 0.29) is 35.5 Å². The maximum atomic E-state index is 13.9. The molecule has 0 saturated heterocycles. The predicted octanol–water partition coefficient (Wildman–Crippen LogP) is 3.94. The fraction of sp³-hybridized carbons (Fsp3) is 0.105. The van der Waals surface area contributed by atoms with E-state index in [0.717, 1.165) is 6.07 Å². The van der Waals surface area contributed by atoms with Crippen molar-refractivity contribution < 1.29 is 27.5 Å². The number of amides is 1. The average Bonchev–Trinajstić information content (AvgIpc) is 3.10. The van der Waals surface area contributed by atoms with Crippen LogP contribution < -0.4 is 5.32 Å². The number of esters is 1. The molecule has 1 N–H and O–H groups in total. The number of benzene rings is 2. The largest absolute Gasteiger partial charge is 0.452 e. The van der Waals surface area contributed by atoms with Gasteiger partial charge in [-0.3, -0.25) is 4.79 Å². The minimum Gasteiger partial charge on any atom is -0.452 e. The summed E-state index contributed by atoms with van der Waals surface area (Å²) in [5, 5.41) is 2.46. The van der Waals surface area contributed by atoms with Gasteiger partial charge in [0.05, 0.1) is 11.8 Å². The summed E-state index contributed by atoms with van der Waals surface area (Å²) in [4.78, 5) is 27.1. The van der Waals surface area contributed by atoms with Crippen LogP contribution >= 0.6 is 0 Å². The maximum Gasteiger partial charge on any atom is 0.341 e. The van der Waals surface area contributed by atoms with Gasteiger partial charge < -0.3 is 14.5 Å². The number of hydrogen-bond donors (Lipinski definition) is 1. The standard InChI is InChI=1S/C19H14F2N2O4/c1-11(24)23-14-6-7-16(21)15(8-14)19(25)26-10-18-22-9-17(27-18)12-2-4-13(20)5-3-12/h2-9H,10H2,1H3,(H,23,24). The molecule has 1 heterocycles. The topological polar surface area (TPSA) is 81.4 Å². The first-order valence-corrected chi connectivity index (χ1v) is 7.87. The Balaban J connectivity index is 1.67. The molecule has 0 unspecified atom stereocenters. The van der Waals surface area contributed by atoms with E-state index in [0.29, 0.717) is 11.3 Å². The summed E-state index contributed by atoms with van der Waals surface area (Å²) in [5.41, 5.74) is 0.549. The molecule has 6 nitrogen and oxygen atoms in total. The molecule has 0 fully saturated rings. The lowest BCUT2D eigenvalue weighted by Gasteiger charge is -2.07. The third-order valence-electron chi connectivity index (χ3n) is 3.52. The number of anilines is 1. The molecule has 0 aliphatic carbocycles. The second kappa shape index (κ2) is 7.77. The maximum absolute atomic E-state index is 13.9. The molecule has 8 heteroatoms. The van der Waals surface area contributed by atoms with Gasteiger partial charge in [0, 0.05) is 18.2 Å². The Bertz CT molecular complexity index is 984. The Labute approximate surface area is 152 Å². The van der Waals surface area contributed by atoms with Gasteiger partial charge in [0.2, 0.25) is 11.8 Å². The quantitative estimate of drug-likeness (QED) is 0.686. The molecule has 0 atom stereocenters. The van der Waals surface area contributed by atoms with E-state index in [2.05, 4.69) is 10.3 Å². The third kappa shape index (κ3) is 4.55. The number of rotatable bonds is 5. The molecule has 3 aromatic rings. The molecule has 1 aromatic heterocycles. The Morgan fingerprint density at radius 2 is 1.89 bits per heavy atom. The van der Waals surface area contributed by atoms with Crippen LogP contribution in [0.15, 0.2) is 53.1 Å². The van der Waals surface area contributed by atoms with Gasteiger partial charge in [-0.05, 0) is 42.5 Å². The van der Waals surface area contributed by atoms with Crippen LogP contribution in [0.25, 0.3) is 11.3 Å². The Kier molecular flexibility index (Phi) is 5.25. The van der Waals surface area contributed by atoms with Crippen molar-refractivity contribution in [3.8, 4) is 11.3 Å². The zero-order chi connectivity index (χ0) is 19.4. The Morgan fingerprint density at radius 3 is 2.59 bits per heavy atom. The fourth-order valence-electron chi connectivity index (χ4n) is 2.29. The summed E-state index contributed by atoms with van der Waals surface area (Å²) < 4.78 is 37.3. The molecular weight excluding hydrogens is 358 g/mol. The normalized spacial score (nSPS) is 10.5. The first-order chi connectivity index (χ1) is 12.9. The van der Waals surface area contributed by atoms with Crippen LogP contribution in [0, 0.1) is 11.6 Å². The summed E-state index contributed by atoms with van der Waals surface area (Å²) in [5.74, 6) is -1.97. The van der Waals surface area contributed by atoms with Crippen molar-refractivity contribution in [2.75, 3.05) is 5.32 Å². The minimum atomic E-state index is -0.929. The van der Waals surface area contributed by atoms with Gasteiger partial charge >= 0.3 is 5.97 Å². The van der Waals surface area contributed by atoms with Crippen molar-refractivity contribution in [1.29, 1.82) is 0 Å². The molecule has 0 bridgehead atoms. The van der Waals surface area contributed by atoms with Crippen LogP contribution in [-0.2, 0) is 16.1 Å². The SMILES string of the molecule is CC(=O)Nc1ccc(F)c(C(=O)OCc2ncc(-c3ccc(F)cc3)o2)c1. The number of carbonyl (C=O) groups is 2. The van der Waals surface area contributed by atoms with E-state index in [4.69, 9.17) is 9.15 Å². The van der Waals surface area contributed by atoms with Crippen molar-refractivity contribution in [2.24, 2.45) is 0 Å². The van der Waals surface area contributed by atoms with Crippen molar-refractivity contribution in [3.05, 3.63) is 71.8 Å². The molecule has 27 heavy (non-hydrogen) atoms. The number of nitrogens with zero attached hydrogens (tertiary/aromatic N) is 1. The van der Waals surface area contributed by atoms with Crippen molar-refractivity contribution in [3.63, 3.8) is 0 Å². The molecule has 0 radical (unpaired) electrons. The van der Waals surface area contributed by atoms with Gasteiger partial charge in [0.1, 0.15) is 11.6 Å². The van der Waals surface area contributed by atoms with E-state index < -0.39 is 11.8 Å². The molecule has 0 spiro atoms. The molecule has 3 rings (SSSR count). The average molecular weight is 372 g/mol. The highest BCUT2D eigenvalue weighted by atomic mass is 19.1. The highest BCUT2D eigenvalue weighted by molar-refractivity contribution is 5.93. The van der Waals surface area contributed by atoms with E-state index in [1.165, 1.54) is 49.5 Å². The molecule has 1 amide bonds. The van der Waals surface area contributed by atoms with Crippen LogP contribution in [0.5, 0.6) is 0 Å². The van der Waals surface area contributed by atoms with Crippen LogP contribution in [0.4, 0.5) is 14.5 Å². The van der Waals surface area contributed by atoms with E-state index >= 15 is 0 Å².